The SMILES string of the molecule is COc1cc(NCC2CCCCN2C(=O)OC(C)(C)C)nc(SC)n1. The van der Waals surface area contributed by atoms with Crippen LogP contribution < -0.4 is 10.1 Å². The molecule has 1 aliphatic heterocycles. The number of nitrogens with one attached hydrogen (secondary N) is 1. The molecule has 8 heteroatoms. The van der Waals surface area contributed by atoms with Crippen molar-refractivity contribution in [3.8, 4) is 5.88 Å². The van der Waals surface area contributed by atoms with Crippen LogP contribution in [0.4, 0.5) is 10.6 Å². The molecular formula is C17H28N4O3S. The molecule has 7 nitrogen and oxygen atoms in total. The van der Waals surface area contributed by atoms with Crippen LogP contribution in [0.15, 0.2) is 11.2 Å². The standard InChI is InChI=1S/C17H28N4O3S/c1-17(2,3)24-16(22)21-9-7-6-8-12(21)11-18-13-10-14(23-4)20-15(19-13)25-5/h10,12H,6-9,11H2,1-5H3,(H,18,19,20). The van der Waals surface area contributed by atoms with Crippen molar-refractivity contribution in [2.24, 2.45) is 0 Å². The van der Waals surface area contributed by atoms with Crippen molar-refractivity contribution in [2.45, 2.75) is 56.8 Å². The van der Waals surface area contributed by atoms with Crippen LogP contribution >= 0.6 is 11.8 Å². The number of rotatable bonds is 5. The Balaban J connectivity index is 2.03. The van der Waals surface area contributed by atoms with Gasteiger partial charge in [0, 0.05) is 19.2 Å². The third-order valence-electron chi connectivity index (χ3n) is 3.85. The lowest BCUT2D eigenvalue weighted by Crippen LogP contribution is -2.48. The molecular weight excluding hydrogens is 340 g/mol. The average Bonchev–Trinajstić information content (AvgIpc) is 2.58. The second-order valence-corrected chi connectivity index (χ2v) is 7.76. The number of aromatic nitrogens is 2. The highest BCUT2D eigenvalue weighted by molar-refractivity contribution is 7.98. The topological polar surface area (TPSA) is 76.6 Å². The van der Waals surface area contributed by atoms with Gasteiger partial charge in [-0.1, -0.05) is 11.8 Å². The number of likely N-dealkylation sites (tertiary alicyclic amines) is 1. The van der Waals surface area contributed by atoms with Crippen molar-refractivity contribution >= 4 is 23.7 Å². The molecule has 2 heterocycles. The largest absolute Gasteiger partial charge is 0.481 e. The molecule has 0 aromatic carbocycles. The van der Waals surface area contributed by atoms with Gasteiger partial charge in [-0.2, -0.15) is 4.98 Å². The van der Waals surface area contributed by atoms with Crippen molar-refractivity contribution in [1.82, 2.24) is 14.9 Å². The lowest BCUT2D eigenvalue weighted by atomic mass is 10.0. The molecule has 1 unspecified atom stereocenters. The molecule has 1 aromatic rings. The Morgan fingerprint density at radius 1 is 1.40 bits per heavy atom. The quantitative estimate of drug-likeness (QED) is 0.630. The Labute approximate surface area is 153 Å². The fourth-order valence-electron chi connectivity index (χ4n) is 2.69. The third-order valence-corrected chi connectivity index (χ3v) is 4.40. The van der Waals surface area contributed by atoms with Gasteiger partial charge >= 0.3 is 6.09 Å². The van der Waals surface area contributed by atoms with Gasteiger partial charge in [-0.15, -0.1) is 0 Å². The van der Waals surface area contributed by atoms with Crippen molar-refractivity contribution in [3.05, 3.63) is 6.07 Å². The van der Waals surface area contributed by atoms with Crippen LogP contribution in [-0.2, 0) is 4.74 Å². The highest BCUT2D eigenvalue weighted by Gasteiger charge is 2.30. The van der Waals surface area contributed by atoms with E-state index in [1.165, 1.54) is 11.8 Å². The van der Waals surface area contributed by atoms with Crippen molar-refractivity contribution in [2.75, 3.05) is 31.8 Å². The molecule has 1 aliphatic rings. The maximum absolute atomic E-state index is 12.5. The van der Waals surface area contributed by atoms with E-state index < -0.39 is 5.60 Å². The number of thioether (sulfide) groups is 1. The van der Waals surface area contributed by atoms with Crippen LogP contribution in [0.5, 0.6) is 5.88 Å². The van der Waals surface area contributed by atoms with Gasteiger partial charge in [-0.3, -0.25) is 0 Å². The maximum Gasteiger partial charge on any atom is 0.410 e. The fourth-order valence-corrected chi connectivity index (χ4v) is 3.06. The Morgan fingerprint density at radius 2 is 2.16 bits per heavy atom. The van der Waals surface area contributed by atoms with Gasteiger partial charge in [-0.05, 0) is 46.3 Å². The minimum atomic E-state index is -0.486. The highest BCUT2D eigenvalue weighted by Crippen LogP contribution is 2.22. The zero-order valence-corrected chi connectivity index (χ0v) is 16.5. The van der Waals surface area contributed by atoms with Crippen LogP contribution in [-0.4, -0.2) is 59.1 Å². The molecule has 25 heavy (non-hydrogen) atoms. The predicted octanol–water partition coefficient (Wildman–Crippen LogP) is 3.41. The summed E-state index contributed by atoms with van der Waals surface area (Å²) in [5, 5.41) is 3.97. The molecule has 0 bridgehead atoms. The summed E-state index contributed by atoms with van der Waals surface area (Å²) in [4.78, 5) is 23.0. The number of piperidine rings is 1. The van der Waals surface area contributed by atoms with Gasteiger partial charge in [0.25, 0.3) is 0 Å². The molecule has 2 rings (SSSR count). The van der Waals surface area contributed by atoms with E-state index in [2.05, 4.69) is 15.3 Å². The first-order chi connectivity index (χ1) is 11.8. The van der Waals surface area contributed by atoms with Gasteiger partial charge < -0.3 is 19.7 Å². The smallest absolute Gasteiger partial charge is 0.410 e. The Morgan fingerprint density at radius 3 is 2.80 bits per heavy atom. The molecule has 0 aliphatic carbocycles. The Kier molecular flexibility index (Phi) is 6.75. The van der Waals surface area contributed by atoms with Crippen molar-refractivity contribution in [1.29, 1.82) is 0 Å². The number of nitrogens with zero attached hydrogens (tertiary/aromatic N) is 3. The number of carbonyl (C=O) groups is 1. The molecule has 1 fully saturated rings. The van der Waals surface area contributed by atoms with E-state index in [0.29, 0.717) is 23.4 Å². The Hall–Kier alpha value is -1.70. The summed E-state index contributed by atoms with van der Waals surface area (Å²) >= 11 is 1.46. The first kappa shape index (κ1) is 19.6. The van der Waals surface area contributed by atoms with Gasteiger partial charge in [0.2, 0.25) is 5.88 Å². The first-order valence-corrected chi connectivity index (χ1v) is 9.75. The molecule has 1 amide bonds. The van der Waals surface area contributed by atoms with Gasteiger partial charge in [0.15, 0.2) is 5.16 Å². The number of ether oxygens (including phenoxy) is 2. The van der Waals surface area contributed by atoms with Crippen LogP contribution in [0.3, 0.4) is 0 Å². The molecule has 0 spiro atoms. The summed E-state index contributed by atoms with van der Waals surface area (Å²) in [5.74, 6) is 1.22. The second kappa shape index (κ2) is 8.60. The summed E-state index contributed by atoms with van der Waals surface area (Å²) in [6.45, 7) is 7.01. The zero-order valence-electron chi connectivity index (χ0n) is 15.7. The predicted molar refractivity (Wildman–Crippen MR) is 99.4 cm³/mol. The highest BCUT2D eigenvalue weighted by atomic mass is 32.2. The molecule has 140 valence electrons. The number of amides is 1. The molecule has 1 aromatic heterocycles. The van der Waals surface area contributed by atoms with Gasteiger partial charge in [0.1, 0.15) is 11.4 Å². The molecule has 0 radical (unpaired) electrons. The van der Waals surface area contributed by atoms with Crippen LogP contribution in [0.1, 0.15) is 40.0 Å². The van der Waals surface area contributed by atoms with E-state index in [9.17, 15) is 4.79 Å². The number of anilines is 1. The van der Waals surface area contributed by atoms with E-state index in [1.54, 1.807) is 13.2 Å². The second-order valence-electron chi connectivity index (χ2n) is 6.99. The lowest BCUT2D eigenvalue weighted by Gasteiger charge is -2.36. The van der Waals surface area contributed by atoms with E-state index in [-0.39, 0.29) is 12.1 Å². The summed E-state index contributed by atoms with van der Waals surface area (Å²) in [6.07, 6.45) is 4.74. The summed E-state index contributed by atoms with van der Waals surface area (Å²) < 4.78 is 10.8. The van der Waals surface area contributed by atoms with E-state index in [1.807, 2.05) is 31.9 Å². The van der Waals surface area contributed by atoms with Crippen molar-refractivity contribution < 1.29 is 14.3 Å². The molecule has 1 N–H and O–H groups in total. The summed E-state index contributed by atoms with van der Waals surface area (Å²) in [5.41, 5.74) is -0.486. The van der Waals surface area contributed by atoms with Crippen LogP contribution in [0.25, 0.3) is 0 Å². The van der Waals surface area contributed by atoms with Crippen LogP contribution in [0, 0.1) is 0 Å². The minimum absolute atomic E-state index is 0.0855. The molecule has 0 saturated carbocycles. The normalized spacial score (nSPS) is 18.0. The lowest BCUT2D eigenvalue weighted by molar-refractivity contribution is 0.0114. The van der Waals surface area contributed by atoms with Gasteiger partial charge in [-0.25, -0.2) is 9.78 Å². The molecule has 1 saturated heterocycles. The Bertz CT molecular complexity index is 569. The summed E-state index contributed by atoms with van der Waals surface area (Å²) in [7, 11) is 1.58. The van der Waals surface area contributed by atoms with E-state index in [4.69, 9.17) is 9.47 Å². The van der Waals surface area contributed by atoms with E-state index in [0.717, 1.165) is 25.8 Å². The fraction of sp³-hybridized carbons (Fsp3) is 0.706. The van der Waals surface area contributed by atoms with Crippen LogP contribution in [0.2, 0.25) is 0 Å². The number of carbonyl (C=O) groups excluding carboxylic acids is 1. The average molecular weight is 369 g/mol. The number of methoxy groups -OCH3 is 1. The number of hydrogen-bond acceptors (Lipinski definition) is 7. The van der Waals surface area contributed by atoms with E-state index >= 15 is 0 Å². The third kappa shape index (κ3) is 5.95. The monoisotopic (exact) mass is 368 g/mol. The molecule has 1 atom stereocenters. The summed E-state index contributed by atoms with van der Waals surface area (Å²) in [6, 6.07) is 1.85. The minimum Gasteiger partial charge on any atom is -0.481 e. The maximum atomic E-state index is 12.5. The first-order valence-electron chi connectivity index (χ1n) is 8.53. The zero-order chi connectivity index (χ0) is 18.4. The number of hydrogen-bond donors (Lipinski definition) is 1. The van der Waals surface area contributed by atoms with Gasteiger partial charge in [0.05, 0.1) is 13.2 Å². The van der Waals surface area contributed by atoms with Crippen molar-refractivity contribution in [3.63, 3.8) is 0 Å².